The number of ether oxygens (including phenoxy) is 2. The second-order valence-corrected chi connectivity index (χ2v) is 10.5. The maximum atomic E-state index is 13.9. The van der Waals surface area contributed by atoms with Gasteiger partial charge in [0.2, 0.25) is 0 Å². The van der Waals surface area contributed by atoms with Crippen molar-refractivity contribution in [1.82, 2.24) is 4.57 Å². The first-order valence-corrected chi connectivity index (χ1v) is 12.8. The highest BCUT2D eigenvalue weighted by molar-refractivity contribution is 9.10. The third kappa shape index (κ3) is 4.00. The second-order valence-electron chi connectivity index (χ2n) is 8.65. The van der Waals surface area contributed by atoms with Crippen LogP contribution in [0.25, 0.3) is 5.57 Å². The van der Waals surface area contributed by atoms with E-state index in [0.29, 0.717) is 33.1 Å². The summed E-state index contributed by atoms with van der Waals surface area (Å²) < 4.78 is 13.3. The van der Waals surface area contributed by atoms with Crippen molar-refractivity contribution < 1.29 is 19.1 Å². The van der Waals surface area contributed by atoms with E-state index in [1.54, 1.807) is 64.3 Å². The van der Waals surface area contributed by atoms with Crippen LogP contribution in [0.1, 0.15) is 37.9 Å². The van der Waals surface area contributed by atoms with Crippen molar-refractivity contribution in [2.24, 2.45) is 4.99 Å². The van der Waals surface area contributed by atoms with Crippen molar-refractivity contribution >= 4 is 50.4 Å². The van der Waals surface area contributed by atoms with Crippen LogP contribution < -0.4 is 24.9 Å². The maximum absolute atomic E-state index is 13.9. The molecule has 0 aliphatic carbocycles. The van der Waals surface area contributed by atoms with Gasteiger partial charge in [0, 0.05) is 15.7 Å². The average molecular weight is 568 g/mol. The molecule has 2 aliphatic heterocycles. The van der Waals surface area contributed by atoms with Gasteiger partial charge in [0.15, 0.2) is 4.80 Å². The highest BCUT2D eigenvalue weighted by Gasteiger charge is 2.35. The van der Waals surface area contributed by atoms with Crippen molar-refractivity contribution in [2.45, 2.75) is 32.9 Å². The molecular formula is C26H22BrN3O5S. The van der Waals surface area contributed by atoms with Crippen molar-refractivity contribution in [2.75, 3.05) is 12.4 Å². The summed E-state index contributed by atoms with van der Waals surface area (Å²) in [5.74, 6) is -0.257. The Hall–Kier alpha value is -3.50. The number of esters is 1. The summed E-state index contributed by atoms with van der Waals surface area (Å²) >= 11 is 4.57. The van der Waals surface area contributed by atoms with Crippen LogP contribution in [0.3, 0.4) is 0 Å². The van der Waals surface area contributed by atoms with Gasteiger partial charge in [0.25, 0.3) is 11.5 Å². The van der Waals surface area contributed by atoms with Gasteiger partial charge in [-0.05, 0) is 56.7 Å². The molecule has 0 saturated heterocycles. The molecule has 1 N–H and O–H groups in total. The highest BCUT2D eigenvalue weighted by atomic mass is 79.9. The third-order valence-corrected chi connectivity index (χ3v) is 7.49. The Morgan fingerprint density at radius 3 is 2.56 bits per heavy atom. The predicted molar refractivity (Wildman–Crippen MR) is 140 cm³/mol. The SMILES string of the molecule is COc1ccc(C2C(C(=O)OC(C)C)=C(C)N=c3sc(=C4C(=O)Nc5ccc(Br)cc54)c(=O)n32)cc1. The summed E-state index contributed by atoms with van der Waals surface area (Å²) in [6.45, 7) is 5.26. The number of carbonyl (C=O) groups excluding carboxylic acids is 2. The summed E-state index contributed by atoms with van der Waals surface area (Å²) in [4.78, 5) is 45.1. The van der Waals surface area contributed by atoms with Crippen molar-refractivity contribution in [3.8, 4) is 5.75 Å². The maximum Gasteiger partial charge on any atom is 0.338 e. The molecule has 0 fully saturated rings. The lowest BCUT2D eigenvalue weighted by molar-refractivity contribution is -0.143. The Balaban J connectivity index is 1.80. The molecule has 36 heavy (non-hydrogen) atoms. The molecule has 0 radical (unpaired) electrons. The zero-order valence-corrected chi connectivity index (χ0v) is 22.3. The predicted octanol–water partition coefficient (Wildman–Crippen LogP) is 3.28. The Bertz CT molecular complexity index is 1630. The largest absolute Gasteiger partial charge is 0.497 e. The van der Waals surface area contributed by atoms with Gasteiger partial charge >= 0.3 is 5.97 Å². The summed E-state index contributed by atoms with van der Waals surface area (Å²) in [5, 5.41) is 2.83. The number of halogens is 1. The Morgan fingerprint density at radius 2 is 1.89 bits per heavy atom. The number of amides is 1. The fourth-order valence-corrected chi connectivity index (χ4v) is 5.88. The van der Waals surface area contributed by atoms with Crippen LogP contribution >= 0.6 is 27.3 Å². The number of rotatable bonds is 4. The monoisotopic (exact) mass is 567 g/mol. The molecule has 10 heteroatoms. The second kappa shape index (κ2) is 9.18. The quantitative estimate of drug-likeness (QED) is 0.488. The summed E-state index contributed by atoms with van der Waals surface area (Å²) in [6, 6.07) is 11.8. The third-order valence-electron chi connectivity index (χ3n) is 5.94. The van der Waals surface area contributed by atoms with E-state index in [9.17, 15) is 14.4 Å². The first-order chi connectivity index (χ1) is 17.2. The lowest BCUT2D eigenvalue weighted by Crippen LogP contribution is -2.40. The summed E-state index contributed by atoms with van der Waals surface area (Å²) in [6.07, 6.45) is -0.349. The Kier molecular flexibility index (Phi) is 6.17. The van der Waals surface area contributed by atoms with Crippen LogP contribution in [-0.4, -0.2) is 29.7 Å². The fraction of sp³-hybridized carbons (Fsp3) is 0.231. The lowest BCUT2D eigenvalue weighted by Gasteiger charge is -2.25. The molecule has 8 nitrogen and oxygen atoms in total. The molecule has 1 atom stereocenters. The number of nitrogens with zero attached hydrogens (tertiary/aromatic N) is 2. The fourth-order valence-electron chi connectivity index (χ4n) is 4.38. The zero-order chi connectivity index (χ0) is 25.7. The molecule has 2 aromatic carbocycles. The van der Waals surface area contributed by atoms with Crippen LogP contribution in [0.4, 0.5) is 5.69 Å². The number of methoxy groups -OCH3 is 1. The van der Waals surface area contributed by atoms with E-state index in [2.05, 4.69) is 26.2 Å². The van der Waals surface area contributed by atoms with Crippen LogP contribution in [0.2, 0.25) is 0 Å². The van der Waals surface area contributed by atoms with Crippen molar-refractivity contribution in [3.05, 3.63) is 89.0 Å². The topological polar surface area (TPSA) is 99.0 Å². The molecule has 1 aromatic heterocycles. The number of fused-ring (bicyclic) bond motifs is 2. The molecular weight excluding hydrogens is 546 g/mol. The number of allylic oxidation sites excluding steroid dienone is 1. The summed E-state index contributed by atoms with van der Waals surface area (Å²) in [7, 11) is 1.57. The van der Waals surface area contributed by atoms with Gasteiger partial charge < -0.3 is 14.8 Å². The van der Waals surface area contributed by atoms with E-state index in [1.165, 1.54) is 4.57 Å². The number of hydrogen-bond donors (Lipinski definition) is 1. The van der Waals surface area contributed by atoms with E-state index in [0.717, 1.165) is 15.8 Å². The van der Waals surface area contributed by atoms with Gasteiger partial charge in [0.1, 0.15) is 10.3 Å². The van der Waals surface area contributed by atoms with E-state index in [4.69, 9.17) is 9.47 Å². The molecule has 1 unspecified atom stereocenters. The number of carbonyl (C=O) groups is 2. The minimum atomic E-state index is -0.779. The number of nitrogens with one attached hydrogen (secondary N) is 1. The van der Waals surface area contributed by atoms with Gasteiger partial charge in [-0.1, -0.05) is 39.4 Å². The Morgan fingerprint density at radius 1 is 1.17 bits per heavy atom. The van der Waals surface area contributed by atoms with Crippen molar-refractivity contribution in [1.29, 1.82) is 0 Å². The molecule has 2 aliphatic rings. The van der Waals surface area contributed by atoms with Gasteiger partial charge in [-0.25, -0.2) is 9.79 Å². The van der Waals surface area contributed by atoms with E-state index in [1.807, 2.05) is 6.07 Å². The van der Waals surface area contributed by atoms with Gasteiger partial charge in [-0.3, -0.25) is 14.2 Å². The Labute approximate surface area is 218 Å². The molecule has 184 valence electrons. The van der Waals surface area contributed by atoms with E-state index >= 15 is 0 Å². The molecule has 3 aromatic rings. The number of thiazole rings is 1. The first kappa shape index (κ1) is 24.2. The molecule has 0 bridgehead atoms. The lowest BCUT2D eigenvalue weighted by atomic mass is 9.95. The van der Waals surface area contributed by atoms with Crippen LogP contribution in [0, 0.1) is 0 Å². The first-order valence-electron chi connectivity index (χ1n) is 11.2. The number of aromatic nitrogens is 1. The van der Waals surface area contributed by atoms with E-state index in [-0.39, 0.29) is 27.7 Å². The standard InChI is InChI=1S/C26H22BrN3O5S/c1-12(2)35-25(33)19-13(3)28-26-30(21(19)14-5-8-16(34-4)9-6-14)24(32)22(36-26)20-17-11-15(27)7-10-18(17)29-23(20)31/h5-12,21H,1-4H3,(H,29,31). The van der Waals surface area contributed by atoms with Gasteiger partial charge in [-0.15, -0.1) is 0 Å². The number of hydrogen-bond acceptors (Lipinski definition) is 7. The average Bonchev–Trinajstić information content (AvgIpc) is 3.32. The van der Waals surface area contributed by atoms with E-state index < -0.39 is 17.6 Å². The smallest absolute Gasteiger partial charge is 0.338 e. The normalized spacial score (nSPS) is 17.9. The van der Waals surface area contributed by atoms with Crippen LogP contribution in [0.15, 0.2) is 68.0 Å². The van der Waals surface area contributed by atoms with Crippen molar-refractivity contribution in [3.63, 3.8) is 0 Å². The zero-order valence-electron chi connectivity index (χ0n) is 19.9. The summed E-state index contributed by atoms with van der Waals surface area (Å²) in [5.41, 5.74) is 2.58. The molecule has 1 amide bonds. The minimum Gasteiger partial charge on any atom is -0.497 e. The van der Waals surface area contributed by atoms with Crippen LogP contribution in [0.5, 0.6) is 5.75 Å². The molecule has 3 heterocycles. The minimum absolute atomic E-state index is 0.257. The van der Waals surface area contributed by atoms with Crippen LogP contribution in [-0.2, 0) is 14.3 Å². The van der Waals surface area contributed by atoms with Gasteiger partial charge in [0.05, 0.1) is 36.1 Å². The molecule has 0 saturated carbocycles. The molecule has 5 rings (SSSR count). The number of benzene rings is 2. The van der Waals surface area contributed by atoms with Gasteiger partial charge in [-0.2, -0.15) is 0 Å². The highest BCUT2D eigenvalue weighted by Crippen LogP contribution is 2.34. The number of anilines is 1. The molecule has 0 spiro atoms.